The second-order valence-corrected chi connectivity index (χ2v) is 7.35. The Morgan fingerprint density at radius 2 is 1.80 bits per heavy atom. The van der Waals surface area contributed by atoms with Crippen molar-refractivity contribution in [3.05, 3.63) is 24.3 Å². The lowest BCUT2D eigenvalue weighted by Gasteiger charge is -2.29. The molecule has 0 bridgehead atoms. The van der Waals surface area contributed by atoms with Gasteiger partial charge in [-0.15, -0.1) is 0 Å². The lowest BCUT2D eigenvalue weighted by atomic mass is 10.2. The fourth-order valence-electron chi connectivity index (χ4n) is 2.18. The molecule has 0 aliphatic carbocycles. The Balaban J connectivity index is 2.94. The van der Waals surface area contributed by atoms with Gasteiger partial charge >= 0.3 is 0 Å². The minimum Gasteiger partial charge on any atom is -0.369 e. The summed E-state index contributed by atoms with van der Waals surface area (Å²) < 4.78 is 24.0. The zero-order valence-corrected chi connectivity index (χ0v) is 13.5. The van der Waals surface area contributed by atoms with Crippen LogP contribution < -0.4 is 10.6 Å². The molecule has 2 N–H and O–H groups in total. The molecule has 114 valence electrons. The molecule has 0 aliphatic rings. The summed E-state index contributed by atoms with van der Waals surface area (Å²) in [6, 6.07) is 7.55. The lowest BCUT2D eigenvalue weighted by molar-refractivity contribution is 0.594. The fraction of sp³-hybridized carbons (Fsp3) is 0.600. The van der Waals surface area contributed by atoms with E-state index in [2.05, 4.69) is 18.7 Å². The predicted molar refractivity (Wildman–Crippen MR) is 84.9 cm³/mol. The Morgan fingerprint density at radius 3 is 2.25 bits per heavy atom. The summed E-state index contributed by atoms with van der Waals surface area (Å²) in [4.78, 5) is 2.65. The number of nitrogens with two attached hydrogens (primary N) is 1. The van der Waals surface area contributed by atoms with Crippen LogP contribution in [-0.4, -0.2) is 33.3 Å². The van der Waals surface area contributed by atoms with Gasteiger partial charge < -0.3 is 10.6 Å². The van der Waals surface area contributed by atoms with Crippen LogP contribution in [0.5, 0.6) is 0 Å². The van der Waals surface area contributed by atoms with Gasteiger partial charge in [0, 0.05) is 18.3 Å². The van der Waals surface area contributed by atoms with Gasteiger partial charge in [0.1, 0.15) is 0 Å². The summed E-state index contributed by atoms with van der Waals surface area (Å²) >= 11 is 0. The topological polar surface area (TPSA) is 63.4 Å². The van der Waals surface area contributed by atoms with Crippen LogP contribution in [0.2, 0.25) is 0 Å². The maximum atomic E-state index is 12.0. The van der Waals surface area contributed by atoms with Gasteiger partial charge in [-0.05, 0) is 57.5 Å². The van der Waals surface area contributed by atoms with E-state index in [1.807, 2.05) is 19.1 Å². The van der Waals surface area contributed by atoms with Crippen LogP contribution in [0.3, 0.4) is 0 Å². The van der Waals surface area contributed by atoms with E-state index in [4.69, 9.17) is 5.73 Å². The largest absolute Gasteiger partial charge is 0.369 e. The molecule has 0 aromatic heterocycles. The summed E-state index contributed by atoms with van der Waals surface area (Å²) in [5.74, 6) is 0.202. The van der Waals surface area contributed by atoms with Crippen LogP contribution in [0.25, 0.3) is 0 Å². The molecule has 1 aromatic rings. The second kappa shape index (κ2) is 7.64. The number of anilines is 1. The van der Waals surface area contributed by atoms with Gasteiger partial charge in [0.05, 0.1) is 10.6 Å². The van der Waals surface area contributed by atoms with Crippen LogP contribution in [0.4, 0.5) is 5.69 Å². The maximum absolute atomic E-state index is 12.0. The molecular formula is C15H26N2O2S. The number of hydrogen-bond acceptors (Lipinski definition) is 4. The summed E-state index contributed by atoms with van der Waals surface area (Å²) in [6.07, 6.45) is 1.56. The second-order valence-electron chi connectivity index (χ2n) is 5.24. The molecular weight excluding hydrogens is 272 g/mol. The van der Waals surface area contributed by atoms with Crippen LogP contribution in [0.1, 0.15) is 33.6 Å². The van der Waals surface area contributed by atoms with E-state index in [9.17, 15) is 8.42 Å². The van der Waals surface area contributed by atoms with Crippen molar-refractivity contribution in [1.82, 2.24) is 0 Å². The molecule has 20 heavy (non-hydrogen) atoms. The summed E-state index contributed by atoms with van der Waals surface area (Å²) in [5.41, 5.74) is 6.61. The van der Waals surface area contributed by atoms with Gasteiger partial charge in [0.25, 0.3) is 0 Å². The first-order valence-corrected chi connectivity index (χ1v) is 8.87. The normalized spacial score (nSPS) is 11.8. The molecule has 0 amide bonds. The Morgan fingerprint density at radius 1 is 1.20 bits per heavy atom. The van der Waals surface area contributed by atoms with Gasteiger partial charge in [0.2, 0.25) is 0 Å². The Kier molecular flexibility index (Phi) is 6.49. The average Bonchev–Trinajstić information content (AvgIpc) is 2.39. The molecule has 0 atom stereocenters. The summed E-state index contributed by atoms with van der Waals surface area (Å²) in [5, 5.41) is 0. The number of nitrogens with zero attached hydrogens (tertiary/aromatic N) is 1. The summed E-state index contributed by atoms with van der Waals surface area (Å²) in [6.45, 7) is 7.66. The van der Waals surface area contributed by atoms with Gasteiger partial charge in [-0.1, -0.05) is 6.92 Å². The molecule has 0 fully saturated rings. The van der Waals surface area contributed by atoms with Crippen molar-refractivity contribution in [2.24, 2.45) is 5.73 Å². The molecule has 0 heterocycles. The van der Waals surface area contributed by atoms with E-state index in [-0.39, 0.29) is 5.75 Å². The number of rotatable bonds is 8. The van der Waals surface area contributed by atoms with Crippen LogP contribution in [0.15, 0.2) is 29.2 Å². The zero-order chi connectivity index (χ0) is 15.2. The molecule has 5 heteroatoms. The highest BCUT2D eigenvalue weighted by atomic mass is 32.2. The van der Waals surface area contributed by atoms with Crippen molar-refractivity contribution >= 4 is 15.5 Å². The zero-order valence-electron chi connectivity index (χ0n) is 12.7. The van der Waals surface area contributed by atoms with Crippen molar-refractivity contribution in [1.29, 1.82) is 0 Å². The molecule has 0 saturated heterocycles. The molecule has 1 aromatic carbocycles. The quantitative estimate of drug-likeness (QED) is 0.800. The van der Waals surface area contributed by atoms with Crippen molar-refractivity contribution in [3.8, 4) is 0 Å². The molecule has 1 rings (SSSR count). The first-order chi connectivity index (χ1) is 9.42. The van der Waals surface area contributed by atoms with E-state index < -0.39 is 9.84 Å². The van der Waals surface area contributed by atoms with Crippen molar-refractivity contribution < 1.29 is 8.42 Å². The highest BCUT2D eigenvalue weighted by molar-refractivity contribution is 7.91. The van der Waals surface area contributed by atoms with Crippen LogP contribution in [-0.2, 0) is 9.84 Å². The van der Waals surface area contributed by atoms with Crippen molar-refractivity contribution in [3.63, 3.8) is 0 Å². The number of hydrogen-bond donors (Lipinski definition) is 1. The fourth-order valence-corrected chi connectivity index (χ4v) is 3.50. The van der Waals surface area contributed by atoms with Crippen molar-refractivity contribution in [2.45, 2.75) is 44.6 Å². The smallest absolute Gasteiger partial charge is 0.178 e. The Bertz CT molecular complexity index is 495. The van der Waals surface area contributed by atoms with E-state index in [1.165, 1.54) is 0 Å². The molecule has 0 saturated carbocycles. The molecule has 0 unspecified atom stereocenters. The standard InChI is InChI=1S/C15H26N2O2S/c1-4-12-20(18,19)15-8-6-14(7-9-15)17(13(2)3)11-5-10-16/h6-9,13H,4-5,10-12,16H2,1-3H3. The SMILES string of the molecule is CCCS(=O)(=O)c1ccc(N(CCCN)C(C)C)cc1. The third-order valence-corrected chi connectivity index (χ3v) is 5.16. The van der Waals surface area contributed by atoms with E-state index in [0.717, 1.165) is 18.7 Å². The first-order valence-electron chi connectivity index (χ1n) is 7.22. The van der Waals surface area contributed by atoms with Gasteiger partial charge in [0.15, 0.2) is 9.84 Å². The van der Waals surface area contributed by atoms with Gasteiger partial charge in [-0.25, -0.2) is 8.42 Å². The van der Waals surface area contributed by atoms with Gasteiger partial charge in [-0.2, -0.15) is 0 Å². The Hall–Kier alpha value is -1.07. The minimum atomic E-state index is -3.13. The van der Waals surface area contributed by atoms with E-state index >= 15 is 0 Å². The third-order valence-electron chi connectivity index (χ3n) is 3.23. The first kappa shape index (κ1) is 17.0. The van der Waals surface area contributed by atoms with E-state index in [0.29, 0.717) is 23.9 Å². The third kappa shape index (κ3) is 4.49. The molecule has 0 aliphatic heterocycles. The average molecular weight is 298 g/mol. The van der Waals surface area contributed by atoms with Crippen LogP contribution in [0, 0.1) is 0 Å². The maximum Gasteiger partial charge on any atom is 0.178 e. The number of sulfone groups is 1. The molecule has 0 radical (unpaired) electrons. The molecule has 4 nitrogen and oxygen atoms in total. The number of benzene rings is 1. The monoisotopic (exact) mass is 298 g/mol. The van der Waals surface area contributed by atoms with Gasteiger partial charge in [-0.3, -0.25) is 0 Å². The lowest BCUT2D eigenvalue weighted by Crippen LogP contribution is -2.32. The van der Waals surface area contributed by atoms with Crippen LogP contribution >= 0.6 is 0 Å². The van der Waals surface area contributed by atoms with Crippen molar-refractivity contribution in [2.75, 3.05) is 23.7 Å². The molecule has 0 spiro atoms. The van der Waals surface area contributed by atoms with E-state index in [1.54, 1.807) is 12.1 Å². The highest BCUT2D eigenvalue weighted by Crippen LogP contribution is 2.21. The summed E-state index contributed by atoms with van der Waals surface area (Å²) in [7, 11) is -3.13. The highest BCUT2D eigenvalue weighted by Gasteiger charge is 2.15. The Labute approximate surface area is 122 Å². The minimum absolute atomic E-state index is 0.202. The predicted octanol–water partition coefficient (Wildman–Crippen LogP) is 2.43.